The Labute approximate surface area is 104 Å². The molecule has 0 spiro atoms. The van der Waals surface area contributed by atoms with Gasteiger partial charge in [-0.2, -0.15) is 0 Å². The summed E-state index contributed by atoms with van der Waals surface area (Å²) in [6, 6.07) is 0. The summed E-state index contributed by atoms with van der Waals surface area (Å²) < 4.78 is 0. The molecule has 0 rings (SSSR count). The molecule has 0 bridgehead atoms. The van der Waals surface area contributed by atoms with Crippen LogP contribution < -0.4 is 5.32 Å². The highest BCUT2D eigenvalue weighted by Gasteiger charge is 2.08. The van der Waals surface area contributed by atoms with Crippen LogP contribution in [-0.4, -0.2) is 23.5 Å². The smallest absolute Gasteiger partial charge is 0.303 e. The van der Waals surface area contributed by atoms with Crippen molar-refractivity contribution in [1.82, 2.24) is 5.32 Å². The summed E-state index contributed by atoms with van der Waals surface area (Å²) in [6.07, 6.45) is 5.43. The van der Waals surface area contributed by atoms with E-state index in [4.69, 9.17) is 5.11 Å². The van der Waals surface area contributed by atoms with Crippen LogP contribution in [0.3, 0.4) is 0 Å². The fourth-order valence-electron chi connectivity index (χ4n) is 1.69. The highest BCUT2D eigenvalue weighted by Crippen LogP contribution is 2.11. The third-order valence-corrected chi connectivity index (χ3v) is 2.93. The Morgan fingerprint density at radius 3 is 2.41 bits per heavy atom. The highest BCUT2D eigenvalue weighted by molar-refractivity contribution is 5.76. The zero-order chi connectivity index (χ0) is 13.1. The summed E-state index contributed by atoms with van der Waals surface area (Å²) in [4.78, 5) is 21.7. The third-order valence-electron chi connectivity index (χ3n) is 2.93. The largest absolute Gasteiger partial charge is 0.481 e. The van der Waals surface area contributed by atoms with E-state index in [0.29, 0.717) is 18.8 Å². The fraction of sp³-hybridized carbons (Fsp3) is 0.846. The summed E-state index contributed by atoms with van der Waals surface area (Å²) >= 11 is 0. The molecule has 1 amide bonds. The van der Waals surface area contributed by atoms with Gasteiger partial charge in [0.2, 0.25) is 5.91 Å². The van der Waals surface area contributed by atoms with Gasteiger partial charge in [0.1, 0.15) is 0 Å². The Balaban J connectivity index is 3.62. The first-order chi connectivity index (χ1) is 8.10. The lowest BCUT2D eigenvalue weighted by Crippen LogP contribution is -2.29. The molecular weight excluding hydrogens is 218 g/mol. The van der Waals surface area contributed by atoms with Crippen LogP contribution in [0.5, 0.6) is 0 Å². The number of carboxylic acid groups (broad SMARTS) is 1. The van der Waals surface area contributed by atoms with Crippen molar-refractivity contribution in [3.63, 3.8) is 0 Å². The number of aliphatic carboxylic acids is 1. The van der Waals surface area contributed by atoms with Gasteiger partial charge in [-0.1, -0.05) is 33.1 Å². The van der Waals surface area contributed by atoms with Crippen LogP contribution in [0.4, 0.5) is 0 Å². The molecule has 0 aliphatic heterocycles. The van der Waals surface area contributed by atoms with Crippen molar-refractivity contribution >= 4 is 11.9 Å². The Morgan fingerprint density at radius 1 is 1.18 bits per heavy atom. The number of hydrogen-bond acceptors (Lipinski definition) is 2. The molecule has 100 valence electrons. The standard InChI is InChI=1S/C13H25NO3/c1-3-5-7-11(4-2)10-14-12(15)8-6-9-13(16)17/h11H,3-10H2,1-2H3,(H,14,15)(H,16,17). The van der Waals surface area contributed by atoms with Gasteiger partial charge in [-0.3, -0.25) is 9.59 Å². The second-order valence-corrected chi connectivity index (χ2v) is 4.47. The Morgan fingerprint density at radius 2 is 1.88 bits per heavy atom. The summed E-state index contributed by atoms with van der Waals surface area (Å²) in [5.74, 6) is -0.313. The van der Waals surface area contributed by atoms with Gasteiger partial charge >= 0.3 is 5.97 Å². The molecule has 1 unspecified atom stereocenters. The molecule has 0 saturated carbocycles. The minimum absolute atomic E-state index is 0.0267. The molecule has 0 aliphatic carbocycles. The first-order valence-corrected chi connectivity index (χ1v) is 6.58. The normalized spacial score (nSPS) is 12.1. The minimum atomic E-state index is -0.841. The quantitative estimate of drug-likeness (QED) is 0.619. The summed E-state index contributed by atoms with van der Waals surface area (Å²) in [7, 11) is 0. The van der Waals surface area contributed by atoms with Gasteiger partial charge in [-0.05, 0) is 18.8 Å². The lowest BCUT2D eigenvalue weighted by atomic mass is 9.99. The summed E-state index contributed by atoms with van der Waals surface area (Å²) in [5, 5.41) is 11.3. The number of carbonyl (C=O) groups is 2. The van der Waals surface area contributed by atoms with Crippen molar-refractivity contribution in [2.45, 2.75) is 58.8 Å². The molecule has 0 fully saturated rings. The summed E-state index contributed by atoms with van der Waals surface area (Å²) in [5.41, 5.74) is 0. The summed E-state index contributed by atoms with van der Waals surface area (Å²) in [6.45, 7) is 5.02. The van der Waals surface area contributed by atoms with Gasteiger partial charge in [-0.15, -0.1) is 0 Å². The number of hydrogen-bond donors (Lipinski definition) is 2. The molecule has 0 aromatic heterocycles. The van der Waals surface area contributed by atoms with Gasteiger partial charge in [-0.25, -0.2) is 0 Å². The molecular formula is C13H25NO3. The molecule has 4 nitrogen and oxygen atoms in total. The first kappa shape index (κ1) is 15.9. The second kappa shape index (κ2) is 10.1. The van der Waals surface area contributed by atoms with Crippen LogP contribution >= 0.6 is 0 Å². The van der Waals surface area contributed by atoms with Crippen molar-refractivity contribution in [2.24, 2.45) is 5.92 Å². The Hall–Kier alpha value is -1.06. The average Bonchev–Trinajstić information content (AvgIpc) is 2.29. The van der Waals surface area contributed by atoms with Crippen molar-refractivity contribution in [3.05, 3.63) is 0 Å². The maximum absolute atomic E-state index is 11.4. The highest BCUT2D eigenvalue weighted by atomic mass is 16.4. The van der Waals surface area contributed by atoms with E-state index in [0.717, 1.165) is 19.4 Å². The van der Waals surface area contributed by atoms with E-state index in [-0.39, 0.29) is 12.3 Å². The zero-order valence-corrected chi connectivity index (χ0v) is 11.0. The molecule has 0 aliphatic rings. The maximum Gasteiger partial charge on any atom is 0.303 e. The predicted octanol–water partition coefficient (Wildman–Crippen LogP) is 2.57. The number of unbranched alkanes of at least 4 members (excludes halogenated alkanes) is 1. The van der Waals surface area contributed by atoms with Crippen molar-refractivity contribution in [3.8, 4) is 0 Å². The molecule has 1 atom stereocenters. The van der Waals surface area contributed by atoms with E-state index in [1.807, 2.05) is 0 Å². The lowest BCUT2D eigenvalue weighted by molar-refractivity contribution is -0.137. The van der Waals surface area contributed by atoms with Crippen molar-refractivity contribution < 1.29 is 14.7 Å². The van der Waals surface area contributed by atoms with Gasteiger partial charge in [0.25, 0.3) is 0 Å². The van der Waals surface area contributed by atoms with Crippen molar-refractivity contribution in [1.29, 1.82) is 0 Å². The SMILES string of the molecule is CCCCC(CC)CNC(=O)CCCC(=O)O. The van der Waals surface area contributed by atoms with Crippen LogP contribution in [0.15, 0.2) is 0 Å². The van der Waals surface area contributed by atoms with Gasteiger partial charge in [0, 0.05) is 19.4 Å². The molecule has 17 heavy (non-hydrogen) atoms. The maximum atomic E-state index is 11.4. The van der Waals surface area contributed by atoms with E-state index in [1.165, 1.54) is 12.8 Å². The Bertz CT molecular complexity index is 229. The zero-order valence-electron chi connectivity index (χ0n) is 11.0. The van der Waals surface area contributed by atoms with Crippen LogP contribution in [0.2, 0.25) is 0 Å². The molecule has 0 aromatic rings. The molecule has 0 heterocycles. The van der Waals surface area contributed by atoms with E-state index in [1.54, 1.807) is 0 Å². The molecule has 0 saturated heterocycles. The number of carboxylic acids is 1. The number of amides is 1. The molecule has 0 aromatic carbocycles. The van der Waals surface area contributed by atoms with Gasteiger partial charge < -0.3 is 10.4 Å². The van der Waals surface area contributed by atoms with E-state index in [9.17, 15) is 9.59 Å². The monoisotopic (exact) mass is 243 g/mol. The fourth-order valence-corrected chi connectivity index (χ4v) is 1.69. The van der Waals surface area contributed by atoms with Crippen LogP contribution in [-0.2, 0) is 9.59 Å². The van der Waals surface area contributed by atoms with Crippen LogP contribution in [0, 0.1) is 5.92 Å². The van der Waals surface area contributed by atoms with E-state index in [2.05, 4.69) is 19.2 Å². The molecule has 4 heteroatoms. The van der Waals surface area contributed by atoms with Gasteiger partial charge in [0.15, 0.2) is 0 Å². The predicted molar refractivity (Wildman–Crippen MR) is 67.8 cm³/mol. The van der Waals surface area contributed by atoms with E-state index < -0.39 is 5.97 Å². The van der Waals surface area contributed by atoms with Crippen LogP contribution in [0.1, 0.15) is 58.8 Å². The van der Waals surface area contributed by atoms with Crippen LogP contribution in [0.25, 0.3) is 0 Å². The third kappa shape index (κ3) is 9.85. The first-order valence-electron chi connectivity index (χ1n) is 6.58. The Kier molecular flexibility index (Phi) is 9.49. The number of nitrogens with one attached hydrogen (secondary N) is 1. The number of rotatable bonds is 10. The second-order valence-electron chi connectivity index (χ2n) is 4.47. The molecule has 2 N–H and O–H groups in total. The molecule has 0 radical (unpaired) electrons. The van der Waals surface area contributed by atoms with Gasteiger partial charge in [0.05, 0.1) is 0 Å². The lowest BCUT2D eigenvalue weighted by Gasteiger charge is -2.15. The number of carbonyl (C=O) groups excluding carboxylic acids is 1. The average molecular weight is 243 g/mol. The van der Waals surface area contributed by atoms with E-state index >= 15 is 0 Å². The topological polar surface area (TPSA) is 66.4 Å². The minimum Gasteiger partial charge on any atom is -0.481 e. The van der Waals surface area contributed by atoms with Crippen molar-refractivity contribution in [2.75, 3.05) is 6.54 Å².